The van der Waals surface area contributed by atoms with Crippen molar-refractivity contribution in [1.29, 1.82) is 0 Å². The highest BCUT2D eigenvalue weighted by Crippen LogP contribution is 2.32. The topological polar surface area (TPSA) is 42.0 Å². The first-order chi connectivity index (χ1) is 15.1. The Morgan fingerprint density at radius 2 is 1.87 bits per heavy atom. The van der Waals surface area contributed by atoms with Crippen LogP contribution >= 0.6 is 0 Å². The van der Waals surface area contributed by atoms with E-state index in [0.29, 0.717) is 29.9 Å². The van der Waals surface area contributed by atoms with Crippen LogP contribution in [0.15, 0.2) is 42.5 Å². The first-order valence-electron chi connectivity index (χ1n) is 11.0. The summed E-state index contributed by atoms with van der Waals surface area (Å²) in [6, 6.07) is 12.8. The van der Waals surface area contributed by atoms with Gasteiger partial charge in [-0.3, -0.25) is 9.69 Å². The lowest BCUT2D eigenvalue weighted by molar-refractivity contribution is -0.129. The van der Waals surface area contributed by atoms with E-state index in [4.69, 9.17) is 9.47 Å². The number of carbonyl (C=O) groups is 1. The molecule has 2 aromatic carbocycles. The van der Waals surface area contributed by atoms with Crippen molar-refractivity contribution in [2.24, 2.45) is 5.92 Å². The molecule has 2 fully saturated rings. The predicted molar refractivity (Wildman–Crippen MR) is 118 cm³/mol. The van der Waals surface area contributed by atoms with E-state index in [-0.39, 0.29) is 11.7 Å². The van der Waals surface area contributed by atoms with Crippen molar-refractivity contribution in [3.05, 3.63) is 59.4 Å². The third kappa shape index (κ3) is 5.01. The molecule has 2 atom stereocenters. The molecular weight excluding hydrogens is 395 g/mol. The van der Waals surface area contributed by atoms with Crippen LogP contribution in [0.25, 0.3) is 0 Å². The Morgan fingerprint density at radius 3 is 2.65 bits per heavy atom. The lowest BCUT2D eigenvalue weighted by atomic mass is 9.98. The summed E-state index contributed by atoms with van der Waals surface area (Å²) in [5.41, 5.74) is 1.92. The Kier molecular flexibility index (Phi) is 6.76. The number of ether oxygens (including phenoxy) is 2. The number of likely N-dealkylation sites (tertiary alicyclic amines) is 2. The van der Waals surface area contributed by atoms with Crippen LogP contribution < -0.4 is 9.47 Å². The molecule has 2 aliphatic rings. The summed E-state index contributed by atoms with van der Waals surface area (Å²) in [6.45, 7) is 3.27. The van der Waals surface area contributed by atoms with Gasteiger partial charge in [-0.2, -0.15) is 0 Å². The molecule has 0 spiro atoms. The first kappa shape index (κ1) is 21.6. The molecule has 31 heavy (non-hydrogen) atoms. The number of methoxy groups -OCH3 is 2. The number of nitrogens with zero attached hydrogens (tertiary/aromatic N) is 2. The average molecular weight is 427 g/mol. The molecule has 4 rings (SSSR count). The van der Waals surface area contributed by atoms with E-state index < -0.39 is 0 Å². The van der Waals surface area contributed by atoms with Crippen molar-refractivity contribution in [2.75, 3.05) is 33.9 Å². The second kappa shape index (κ2) is 9.69. The van der Waals surface area contributed by atoms with Crippen LogP contribution in [0.4, 0.5) is 4.39 Å². The molecule has 2 heterocycles. The van der Waals surface area contributed by atoms with Gasteiger partial charge >= 0.3 is 0 Å². The number of hydrogen-bond acceptors (Lipinski definition) is 4. The van der Waals surface area contributed by atoms with Crippen LogP contribution in [-0.4, -0.2) is 55.6 Å². The predicted octanol–water partition coefficient (Wildman–Crippen LogP) is 3.90. The molecule has 0 N–H and O–H groups in total. The zero-order valence-electron chi connectivity index (χ0n) is 18.4. The van der Waals surface area contributed by atoms with Gasteiger partial charge in [0.2, 0.25) is 5.91 Å². The van der Waals surface area contributed by atoms with Crippen LogP contribution in [0.3, 0.4) is 0 Å². The van der Waals surface area contributed by atoms with Crippen molar-refractivity contribution >= 4 is 5.91 Å². The van der Waals surface area contributed by atoms with Gasteiger partial charge in [-0.1, -0.05) is 24.6 Å². The number of fused-ring (bicyclic) bond motifs is 1. The van der Waals surface area contributed by atoms with E-state index >= 15 is 0 Å². The second-order valence-corrected chi connectivity index (χ2v) is 8.59. The van der Waals surface area contributed by atoms with E-state index in [1.54, 1.807) is 26.4 Å². The van der Waals surface area contributed by atoms with Crippen LogP contribution in [0.5, 0.6) is 11.5 Å². The summed E-state index contributed by atoms with van der Waals surface area (Å²) in [5, 5.41) is 0. The summed E-state index contributed by atoms with van der Waals surface area (Å²) in [4.78, 5) is 17.6. The molecule has 2 aliphatic heterocycles. The molecule has 5 nitrogen and oxygen atoms in total. The monoisotopic (exact) mass is 426 g/mol. The SMILES string of the molecule is COc1ccc(CC(=O)N2C[C@@H]3CCCCN(Cc4cccc(F)c4)[C@@H]3C2)cc1OC. The smallest absolute Gasteiger partial charge is 0.227 e. The number of hydrogen-bond donors (Lipinski definition) is 0. The number of carbonyl (C=O) groups excluding carboxylic acids is 1. The molecular formula is C25H31FN2O3. The zero-order valence-corrected chi connectivity index (χ0v) is 18.4. The molecule has 0 bridgehead atoms. The first-order valence-corrected chi connectivity index (χ1v) is 11.0. The highest BCUT2D eigenvalue weighted by atomic mass is 19.1. The maximum Gasteiger partial charge on any atom is 0.227 e. The fourth-order valence-electron chi connectivity index (χ4n) is 4.99. The summed E-state index contributed by atoms with van der Waals surface area (Å²) >= 11 is 0. The largest absolute Gasteiger partial charge is 0.493 e. The summed E-state index contributed by atoms with van der Waals surface area (Å²) < 4.78 is 24.3. The number of benzene rings is 2. The average Bonchev–Trinajstić information content (AvgIpc) is 3.11. The minimum atomic E-state index is -0.193. The van der Waals surface area contributed by atoms with Crippen LogP contribution in [0.2, 0.25) is 0 Å². The normalized spacial score (nSPS) is 21.5. The summed E-state index contributed by atoms with van der Waals surface area (Å²) in [5.74, 6) is 1.73. The van der Waals surface area contributed by atoms with Crippen LogP contribution in [-0.2, 0) is 17.8 Å². The molecule has 1 amide bonds. The highest BCUT2D eigenvalue weighted by Gasteiger charge is 2.39. The number of halogens is 1. The Labute approximate surface area is 183 Å². The van der Waals surface area contributed by atoms with Crippen molar-refractivity contribution in [1.82, 2.24) is 9.80 Å². The second-order valence-electron chi connectivity index (χ2n) is 8.59. The zero-order chi connectivity index (χ0) is 21.8. The van der Waals surface area contributed by atoms with Crippen molar-refractivity contribution in [2.45, 2.75) is 38.3 Å². The van der Waals surface area contributed by atoms with Crippen molar-refractivity contribution in [3.8, 4) is 11.5 Å². The van der Waals surface area contributed by atoms with E-state index in [9.17, 15) is 9.18 Å². The van der Waals surface area contributed by atoms with Gasteiger partial charge in [0, 0.05) is 25.7 Å². The summed E-state index contributed by atoms with van der Waals surface area (Å²) in [6.07, 6.45) is 3.83. The molecule has 0 saturated carbocycles. The lowest BCUT2D eigenvalue weighted by Crippen LogP contribution is -2.40. The van der Waals surface area contributed by atoms with Gasteiger partial charge in [0.15, 0.2) is 11.5 Å². The fraction of sp³-hybridized carbons (Fsp3) is 0.480. The number of amides is 1. The minimum absolute atomic E-state index is 0.144. The van der Waals surface area contributed by atoms with Gasteiger partial charge in [-0.05, 0) is 60.7 Å². The van der Waals surface area contributed by atoms with Crippen molar-refractivity contribution in [3.63, 3.8) is 0 Å². The Morgan fingerprint density at radius 1 is 1.03 bits per heavy atom. The van der Waals surface area contributed by atoms with E-state index in [0.717, 1.165) is 50.1 Å². The molecule has 2 aromatic rings. The van der Waals surface area contributed by atoms with Gasteiger partial charge in [-0.25, -0.2) is 4.39 Å². The summed E-state index contributed by atoms with van der Waals surface area (Å²) in [7, 11) is 3.21. The quantitative estimate of drug-likeness (QED) is 0.703. The molecule has 0 unspecified atom stereocenters. The maximum atomic E-state index is 13.7. The Hall–Kier alpha value is -2.60. The lowest BCUT2D eigenvalue weighted by Gasteiger charge is -2.30. The molecule has 166 valence electrons. The fourth-order valence-corrected chi connectivity index (χ4v) is 4.99. The molecule has 6 heteroatoms. The molecule has 0 aliphatic carbocycles. The molecule has 2 saturated heterocycles. The minimum Gasteiger partial charge on any atom is -0.493 e. The van der Waals surface area contributed by atoms with Gasteiger partial charge < -0.3 is 14.4 Å². The third-order valence-electron chi connectivity index (χ3n) is 6.58. The van der Waals surface area contributed by atoms with Crippen LogP contribution in [0, 0.1) is 11.7 Å². The van der Waals surface area contributed by atoms with Crippen LogP contribution in [0.1, 0.15) is 30.4 Å². The van der Waals surface area contributed by atoms with Gasteiger partial charge in [-0.15, -0.1) is 0 Å². The van der Waals surface area contributed by atoms with E-state index in [2.05, 4.69) is 4.90 Å². The van der Waals surface area contributed by atoms with E-state index in [1.807, 2.05) is 29.2 Å². The van der Waals surface area contributed by atoms with Crippen molar-refractivity contribution < 1.29 is 18.7 Å². The van der Waals surface area contributed by atoms with Gasteiger partial charge in [0.05, 0.1) is 20.6 Å². The number of rotatable bonds is 6. The third-order valence-corrected chi connectivity index (χ3v) is 6.58. The van der Waals surface area contributed by atoms with Gasteiger partial charge in [0.1, 0.15) is 5.82 Å². The molecule has 0 radical (unpaired) electrons. The highest BCUT2D eigenvalue weighted by molar-refractivity contribution is 5.79. The molecule has 0 aromatic heterocycles. The van der Waals surface area contributed by atoms with E-state index in [1.165, 1.54) is 12.5 Å². The standard InChI is InChI=1S/C25H31FN2O3/c1-30-23-10-9-18(13-24(23)31-2)14-25(29)28-16-20-7-3-4-11-27(22(20)17-28)15-19-6-5-8-21(26)12-19/h5-6,8-10,12-13,20,22H,3-4,7,11,14-17H2,1-2H3/t20-,22+/m0/s1. The van der Waals surface area contributed by atoms with Gasteiger partial charge in [0.25, 0.3) is 0 Å². The Bertz CT molecular complexity index is 919. The maximum absolute atomic E-state index is 13.7. The Balaban J connectivity index is 1.44.